The summed E-state index contributed by atoms with van der Waals surface area (Å²) in [5.74, 6) is 0. The van der Waals surface area contributed by atoms with E-state index in [0.29, 0.717) is 5.56 Å². The number of nitriles is 1. The normalized spacial score (nSPS) is 10.1. The van der Waals surface area contributed by atoms with Crippen LogP contribution >= 0.6 is 0 Å². The molecule has 2 rings (SSSR count). The first-order chi connectivity index (χ1) is 7.63. The van der Waals surface area contributed by atoms with E-state index in [1.807, 2.05) is 40.4 Å². The Hall–Kier alpha value is -2.08. The van der Waals surface area contributed by atoms with E-state index in [0.717, 1.165) is 11.4 Å². The van der Waals surface area contributed by atoms with Crippen LogP contribution in [0.25, 0.3) is 5.69 Å². The van der Waals surface area contributed by atoms with E-state index in [-0.39, 0.29) is 0 Å². The third-order valence-electron chi connectivity index (χ3n) is 2.87. The molecule has 16 heavy (non-hydrogen) atoms. The molecule has 80 valence electrons. The van der Waals surface area contributed by atoms with Crippen molar-refractivity contribution in [3.8, 4) is 11.8 Å². The molecular formula is C13H13N3. The molecule has 0 bridgehead atoms. The Kier molecular flexibility index (Phi) is 2.49. The van der Waals surface area contributed by atoms with Crippen LogP contribution in [0, 0.1) is 31.5 Å². The lowest BCUT2D eigenvalue weighted by molar-refractivity contribution is -0.681. The van der Waals surface area contributed by atoms with Crippen molar-refractivity contribution in [3.63, 3.8) is 0 Å². The minimum absolute atomic E-state index is 0.676. The van der Waals surface area contributed by atoms with Crippen LogP contribution in [0.4, 0.5) is 0 Å². The summed E-state index contributed by atoms with van der Waals surface area (Å²) < 4.78 is 3.96. The molecule has 0 aliphatic heterocycles. The van der Waals surface area contributed by atoms with Gasteiger partial charge in [-0.25, -0.2) is 0 Å². The Balaban J connectivity index is 2.51. The summed E-state index contributed by atoms with van der Waals surface area (Å²) in [4.78, 5) is 0. The molecule has 0 saturated carbocycles. The van der Waals surface area contributed by atoms with Crippen molar-refractivity contribution in [2.24, 2.45) is 7.05 Å². The van der Waals surface area contributed by atoms with Gasteiger partial charge in [0.05, 0.1) is 24.4 Å². The first kappa shape index (κ1) is 10.4. The smallest absolute Gasteiger partial charge is 0.243 e. The number of aryl methyl sites for hydroxylation is 1. The molecule has 0 aliphatic rings. The molecule has 0 spiro atoms. The van der Waals surface area contributed by atoms with Crippen molar-refractivity contribution in [2.75, 3.05) is 0 Å². The van der Waals surface area contributed by atoms with Gasteiger partial charge in [-0.3, -0.25) is 0 Å². The highest BCUT2D eigenvalue weighted by atomic mass is 15.1. The van der Waals surface area contributed by atoms with E-state index in [1.165, 1.54) is 5.69 Å². The van der Waals surface area contributed by atoms with Crippen molar-refractivity contribution >= 4 is 0 Å². The standard InChI is InChI=1S/C13H13N3/c1-10-11(2)16(9-15(10)3)13-6-4-12(8-14)5-7-13/h4-7H,1-3H3. The molecule has 3 heteroatoms. The van der Waals surface area contributed by atoms with Gasteiger partial charge in [-0.15, -0.1) is 0 Å². The van der Waals surface area contributed by atoms with Gasteiger partial charge in [0.15, 0.2) is 0 Å². The molecule has 0 unspecified atom stereocenters. The predicted molar refractivity (Wildman–Crippen MR) is 60.0 cm³/mol. The number of rotatable bonds is 1. The molecule has 2 aromatic rings. The van der Waals surface area contributed by atoms with Crippen LogP contribution in [0.15, 0.2) is 24.3 Å². The lowest BCUT2D eigenvalue weighted by atomic mass is 10.2. The molecule has 0 N–H and O–H groups in total. The fourth-order valence-corrected chi connectivity index (χ4v) is 1.64. The van der Waals surface area contributed by atoms with E-state index < -0.39 is 0 Å². The number of imidazole rings is 1. The number of hydrogen-bond acceptors (Lipinski definition) is 1. The fraction of sp³-hybridized carbons (Fsp3) is 0.231. The van der Waals surface area contributed by atoms with Gasteiger partial charge < -0.3 is 9.13 Å². The SMILES string of the molecule is Cc1c(C)[n+](C)[c-]n1-c1ccc(C#N)cc1. The molecule has 1 aromatic heterocycles. The summed E-state index contributed by atoms with van der Waals surface area (Å²) in [6, 6.07) is 9.61. The number of benzene rings is 1. The lowest BCUT2D eigenvalue weighted by Gasteiger charge is -2.05. The van der Waals surface area contributed by atoms with Gasteiger partial charge in [0, 0.05) is 11.4 Å². The van der Waals surface area contributed by atoms with E-state index in [9.17, 15) is 0 Å². The summed E-state index contributed by atoms with van der Waals surface area (Å²) >= 11 is 0. The van der Waals surface area contributed by atoms with Crippen LogP contribution in [0.2, 0.25) is 0 Å². The maximum atomic E-state index is 8.73. The number of nitrogens with zero attached hydrogens (tertiary/aromatic N) is 3. The van der Waals surface area contributed by atoms with Crippen molar-refractivity contribution in [3.05, 3.63) is 47.5 Å². The zero-order valence-electron chi connectivity index (χ0n) is 9.65. The first-order valence-electron chi connectivity index (χ1n) is 5.11. The second-order valence-corrected chi connectivity index (χ2v) is 3.82. The average molecular weight is 211 g/mol. The maximum Gasteiger partial charge on any atom is 0.243 e. The van der Waals surface area contributed by atoms with Crippen LogP contribution < -0.4 is 4.57 Å². The minimum atomic E-state index is 0.676. The van der Waals surface area contributed by atoms with Crippen molar-refractivity contribution in [1.29, 1.82) is 5.26 Å². The zero-order chi connectivity index (χ0) is 11.7. The predicted octanol–water partition coefficient (Wildman–Crippen LogP) is 1.59. The van der Waals surface area contributed by atoms with Crippen LogP contribution in [0.5, 0.6) is 0 Å². The highest BCUT2D eigenvalue weighted by Gasteiger charge is 2.06. The topological polar surface area (TPSA) is 32.6 Å². The second kappa shape index (κ2) is 3.82. The van der Waals surface area contributed by atoms with E-state index in [2.05, 4.69) is 26.2 Å². The molecule has 0 fully saturated rings. The molecule has 0 saturated heterocycles. The minimum Gasteiger partial charge on any atom is -0.323 e. The summed E-state index contributed by atoms with van der Waals surface area (Å²) in [5.41, 5.74) is 4.05. The van der Waals surface area contributed by atoms with Gasteiger partial charge in [0.25, 0.3) is 0 Å². The lowest BCUT2D eigenvalue weighted by Crippen LogP contribution is -2.29. The van der Waals surface area contributed by atoms with Crippen LogP contribution in [0.1, 0.15) is 17.0 Å². The third kappa shape index (κ3) is 1.59. The highest BCUT2D eigenvalue weighted by Crippen LogP contribution is 2.12. The summed E-state index contributed by atoms with van der Waals surface area (Å²) in [5, 5.41) is 8.73. The Bertz CT molecular complexity index is 556. The first-order valence-corrected chi connectivity index (χ1v) is 5.11. The Labute approximate surface area is 95.2 Å². The number of hydrogen-bond donors (Lipinski definition) is 0. The van der Waals surface area contributed by atoms with Gasteiger partial charge in [-0.2, -0.15) is 5.26 Å². The van der Waals surface area contributed by atoms with Gasteiger partial charge in [-0.1, -0.05) is 12.1 Å². The van der Waals surface area contributed by atoms with Crippen molar-refractivity contribution < 1.29 is 4.57 Å². The average Bonchev–Trinajstić information content (AvgIpc) is 2.57. The van der Waals surface area contributed by atoms with Crippen molar-refractivity contribution in [2.45, 2.75) is 13.8 Å². The van der Waals surface area contributed by atoms with E-state index in [4.69, 9.17) is 5.26 Å². The molecular weight excluding hydrogens is 198 g/mol. The van der Waals surface area contributed by atoms with Crippen LogP contribution in [-0.4, -0.2) is 4.57 Å². The Morgan fingerprint density at radius 3 is 2.31 bits per heavy atom. The third-order valence-corrected chi connectivity index (χ3v) is 2.87. The van der Waals surface area contributed by atoms with E-state index >= 15 is 0 Å². The molecule has 0 atom stereocenters. The maximum absolute atomic E-state index is 8.73. The number of aromatic nitrogens is 2. The molecule has 0 amide bonds. The molecule has 1 aromatic carbocycles. The molecule has 1 heterocycles. The highest BCUT2D eigenvalue weighted by molar-refractivity contribution is 5.40. The van der Waals surface area contributed by atoms with Gasteiger partial charge in [0.1, 0.15) is 0 Å². The van der Waals surface area contributed by atoms with Gasteiger partial charge >= 0.3 is 0 Å². The monoisotopic (exact) mass is 211 g/mol. The molecule has 3 nitrogen and oxygen atoms in total. The summed E-state index contributed by atoms with van der Waals surface area (Å²) in [7, 11) is 1.97. The van der Waals surface area contributed by atoms with Crippen LogP contribution in [0.3, 0.4) is 0 Å². The summed E-state index contributed by atoms with van der Waals surface area (Å²) in [6.07, 6.45) is 3.22. The van der Waals surface area contributed by atoms with E-state index in [1.54, 1.807) is 0 Å². The Morgan fingerprint density at radius 2 is 1.88 bits per heavy atom. The fourth-order valence-electron chi connectivity index (χ4n) is 1.64. The van der Waals surface area contributed by atoms with Crippen molar-refractivity contribution in [1.82, 2.24) is 4.57 Å². The summed E-state index contributed by atoms with van der Waals surface area (Å²) in [6.45, 7) is 4.12. The quantitative estimate of drug-likeness (QED) is 0.521. The van der Waals surface area contributed by atoms with Gasteiger partial charge in [0.2, 0.25) is 6.33 Å². The van der Waals surface area contributed by atoms with Crippen LogP contribution in [-0.2, 0) is 7.05 Å². The Morgan fingerprint density at radius 1 is 1.25 bits per heavy atom. The second-order valence-electron chi connectivity index (χ2n) is 3.82. The molecule has 0 radical (unpaired) electrons. The molecule has 0 aliphatic carbocycles. The van der Waals surface area contributed by atoms with Gasteiger partial charge in [-0.05, 0) is 26.0 Å². The zero-order valence-corrected chi connectivity index (χ0v) is 9.65. The largest absolute Gasteiger partial charge is 0.323 e.